The van der Waals surface area contributed by atoms with Gasteiger partial charge in [0.15, 0.2) is 0 Å². The van der Waals surface area contributed by atoms with Crippen molar-refractivity contribution in [3.8, 4) is 0 Å². The van der Waals surface area contributed by atoms with Crippen molar-refractivity contribution in [1.82, 2.24) is 0 Å². The van der Waals surface area contributed by atoms with Gasteiger partial charge in [0, 0.05) is 5.02 Å². The van der Waals surface area contributed by atoms with Crippen LogP contribution < -0.4 is 0 Å². The quantitative estimate of drug-likeness (QED) is 0.645. The van der Waals surface area contributed by atoms with Crippen LogP contribution in [0.2, 0.25) is 5.02 Å². The number of hydrogen-bond acceptors (Lipinski definition) is 0. The van der Waals surface area contributed by atoms with Gasteiger partial charge in [0.1, 0.15) is 0 Å². The Bertz CT molecular complexity index is 349. The summed E-state index contributed by atoms with van der Waals surface area (Å²) in [4.78, 5) is 0. The van der Waals surface area contributed by atoms with Gasteiger partial charge in [0.25, 0.3) is 0 Å². The van der Waals surface area contributed by atoms with E-state index in [1.54, 1.807) is 0 Å². The highest BCUT2D eigenvalue weighted by atomic mass is 35.5. The maximum atomic E-state index is 6.09. The Morgan fingerprint density at radius 2 is 1.71 bits per heavy atom. The van der Waals surface area contributed by atoms with Crippen LogP contribution in [0.4, 0.5) is 0 Å². The third kappa shape index (κ3) is 4.03. The fourth-order valence-electron chi connectivity index (χ4n) is 2.92. The van der Waals surface area contributed by atoms with E-state index in [2.05, 4.69) is 19.1 Å². The predicted molar refractivity (Wildman–Crippen MR) is 75.7 cm³/mol. The molecule has 1 aromatic rings. The summed E-state index contributed by atoms with van der Waals surface area (Å²) in [5.74, 6) is 0.882. The van der Waals surface area contributed by atoms with Crippen molar-refractivity contribution in [3.05, 3.63) is 34.3 Å². The van der Waals surface area contributed by atoms with E-state index in [0.29, 0.717) is 0 Å². The molecule has 0 atom stereocenters. The average Bonchev–Trinajstić information content (AvgIpc) is 2.27. The molecule has 17 heavy (non-hydrogen) atoms. The van der Waals surface area contributed by atoms with E-state index in [-0.39, 0.29) is 0 Å². The normalized spacial score (nSPS) is 18.7. The maximum absolute atomic E-state index is 6.09. The zero-order valence-electron chi connectivity index (χ0n) is 10.8. The molecule has 0 amide bonds. The van der Waals surface area contributed by atoms with Gasteiger partial charge in [-0.1, -0.05) is 62.6 Å². The molecule has 1 aliphatic carbocycles. The lowest BCUT2D eigenvalue weighted by atomic mass is 9.86. The van der Waals surface area contributed by atoms with E-state index < -0.39 is 0 Å². The van der Waals surface area contributed by atoms with Gasteiger partial charge in [-0.3, -0.25) is 0 Å². The highest BCUT2D eigenvalue weighted by molar-refractivity contribution is 6.30. The fourth-order valence-corrected chi connectivity index (χ4v) is 3.11. The minimum absolute atomic E-state index is 0.882. The number of halogens is 1. The van der Waals surface area contributed by atoms with E-state index >= 15 is 0 Å². The third-order valence-electron chi connectivity index (χ3n) is 4.04. The number of benzene rings is 1. The minimum Gasteiger partial charge on any atom is -0.0843 e. The molecule has 0 aromatic heterocycles. The average molecular weight is 251 g/mol. The van der Waals surface area contributed by atoms with Crippen LogP contribution in [0.15, 0.2) is 18.2 Å². The lowest BCUT2D eigenvalue weighted by molar-refractivity contribution is 0.376. The lowest BCUT2D eigenvalue weighted by Gasteiger charge is -2.20. The minimum atomic E-state index is 0.882. The molecular weight excluding hydrogens is 228 g/mol. The van der Waals surface area contributed by atoms with E-state index in [4.69, 9.17) is 11.6 Å². The Morgan fingerprint density at radius 1 is 1.06 bits per heavy atom. The van der Waals surface area contributed by atoms with Crippen molar-refractivity contribution in [2.45, 2.75) is 58.3 Å². The third-order valence-corrected chi connectivity index (χ3v) is 4.28. The number of hydrogen-bond donors (Lipinski definition) is 0. The molecular formula is C16H23Cl. The molecule has 1 heteroatoms. The van der Waals surface area contributed by atoms with Crippen LogP contribution >= 0.6 is 11.6 Å². The molecule has 2 rings (SSSR count). The molecule has 0 bridgehead atoms. The molecule has 0 aliphatic heterocycles. The molecule has 1 fully saturated rings. The first-order chi connectivity index (χ1) is 8.25. The molecule has 94 valence electrons. The van der Waals surface area contributed by atoms with Gasteiger partial charge in [0.05, 0.1) is 0 Å². The molecule has 0 N–H and O–H groups in total. The standard InChI is InChI=1S/C16H23Cl/c1-13-9-10-16(17)12-15(13)11-14-7-5-3-2-4-6-8-14/h9-10,12,14H,2-8,11H2,1H3. The van der Waals surface area contributed by atoms with Gasteiger partial charge in [-0.2, -0.15) is 0 Å². The summed E-state index contributed by atoms with van der Waals surface area (Å²) in [5.41, 5.74) is 2.86. The van der Waals surface area contributed by atoms with Crippen LogP contribution in [-0.2, 0) is 6.42 Å². The second-order valence-corrected chi connectivity index (χ2v) is 5.92. The number of rotatable bonds is 2. The number of aryl methyl sites for hydroxylation is 1. The molecule has 0 nitrogen and oxygen atoms in total. The summed E-state index contributed by atoms with van der Waals surface area (Å²) in [7, 11) is 0. The van der Waals surface area contributed by atoms with Crippen LogP contribution in [0.1, 0.15) is 56.1 Å². The van der Waals surface area contributed by atoms with Crippen molar-refractivity contribution in [1.29, 1.82) is 0 Å². The summed E-state index contributed by atoms with van der Waals surface area (Å²) in [6.45, 7) is 2.20. The second kappa shape index (κ2) is 6.44. The molecule has 1 aliphatic rings. The molecule has 0 spiro atoms. The van der Waals surface area contributed by atoms with Crippen molar-refractivity contribution in [2.24, 2.45) is 5.92 Å². The fraction of sp³-hybridized carbons (Fsp3) is 0.625. The topological polar surface area (TPSA) is 0 Å². The van der Waals surface area contributed by atoms with Gasteiger partial charge < -0.3 is 0 Å². The van der Waals surface area contributed by atoms with Crippen molar-refractivity contribution in [3.63, 3.8) is 0 Å². The first kappa shape index (κ1) is 13.0. The Balaban J connectivity index is 2.00. The largest absolute Gasteiger partial charge is 0.0843 e. The van der Waals surface area contributed by atoms with Gasteiger partial charge in [0.2, 0.25) is 0 Å². The van der Waals surface area contributed by atoms with E-state index in [1.165, 1.54) is 62.5 Å². The van der Waals surface area contributed by atoms with Crippen molar-refractivity contribution in [2.75, 3.05) is 0 Å². The molecule has 0 heterocycles. The highest BCUT2D eigenvalue weighted by Crippen LogP contribution is 2.27. The van der Waals surface area contributed by atoms with Crippen LogP contribution in [0, 0.1) is 12.8 Å². The van der Waals surface area contributed by atoms with Crippen molar-refractivity contribution < 1.29 is 0 Å². The van der Waals surface area contributed by atoms with Crippen LogP contribution in [0.3, 0.4) is 0 Å². The smallest absolute Gasteiger partial charge is 0.0408 e. The summed E-state index contributed by atoms with van der Waals surface area (Å²) in [6.07, 6.45) is 11.2. The van der Waals surface area contributed by atoms with Gasteiger partial charge in [-0.15, -0.1) is 0 Å². The van der Waals surface area contributed by atoms with Crippen LogP contribution in [-0.4, -0.2) is 0 Å². The summed E-state index contributed by atoms with van der Waals surface area (Å²) >= 11 is 6.09. The van der Waals surface area contributed by atoms with E-state index in [1.807, 2.05) is 6.07 Å². The molecule has 1 aromatic carbocycles. The lowest BCUT2D eigenvalue weighted by Crippen LogP contribution is -2.08. The monoisotopic (exact) mass is 250 g/mol. The molecule has 0 saturated heterocycles. The molecule has 1 saturated carbocycles. The van der Waals surface area contributed by atoms with E-state index in [9.17, 15) is 0 Å². The predicted octanol–water partition coefficient (Wildman–Crippen LogP) is 5.55. The molecule has 0 radical (unpaired) electrons. The van der Waals surface area contributed by atoms with E-state index in [0.717, 1.165) is 10.9 Å². The summed E-state index contributed by atoms with van der Waals surface area (Å²) in [6, 6.07) is 6.31. The Kier molecular flexibility index (Phi) is 4.91. The summed E-state index contributed by atoms with van der Waals surface area (Å²) < 4.78 is 0. The summed E-state index contributed by atoms with van der Waals surface area (Å²) in [5, 5.41) is 0.886. The Labute approximate surface area is 110 Å². The van der Waals surface area contributed by atoms with Gasteiger partial charge in [-0.25, -0.2) is 0 Å². The first-order valence-electron chi connectivity index (χ1n) is 7.01. The highest BCUT2D eigenvalue weighted by Gasteiger charge is 2.13. The van der Waals surface area contributed by atoms with Crippen LogP contribution in [0.5, 0.6) is 0 Å². The Hall–Kier alpha value is -0.490. The maximum Gasteiger partial charge on any atom is 0.0408 e. The zero-order valence-corrected chi connectivity index (χ0v) is 11.6. The second-order valence-electron chi connectivity index (χ2n) is 5.49. The van der Waals surface area contributed by atoms with Gasteiger partial charge >= 0.3 is 0 Å². The molecule has 0 unspecified atom stereocenters. The SMILES string of the molecule is Cc1ccc(Cl)cc1CC1CCCCCCC1. The van der Waals surface area contributed by atoms with Crippen molar-refractivity contribution >= 4 is 11.6 Å². The zero-order chi connectivity index (χ0) is 12.1. The first-order valence-corrected chi connectivity index (χ1v) is 7.38. The van der Waals surface area contributed by atoms with Crippen LogP contribution in [0.25, 0.3) is 0 Å². The Morgan fingerprint density at radius 3 is 2.41 bits per heavy atom. The van der Waals surface area contributed by atoms with Gasteiger partial charge in [-0.05, 0) is 42.5 Å².